The molecule has 3 aromatic rings. The van der Waals surface area contributed by atoms with Gasteiger partial charge >= 0.3 is 0 Å². The van der Waals surface area contributed by atoms with Crippen LogP contribution in [0.25, 0.3) is 5.65 Å². The topological polar surface area (TPSA) is 76.5 Å². The van der Waals surface area contributed by atoms with E-state index in [4.69, 9.17) is 5.73 Å². The zero-order valence-electron chi connectivity index (χ0n) is 14.8. The second-order valence-electron chi connectivity index (χ2n) is 7.12. The Bertz CT molecular complexity index is 1000. The van der Waals surface area contributed by atoms with Gasteiger partial charge in [-0.3, -0.25) is 4.79 Å². The Balaban J connectivity index is 1.73. The third-order valence-corrected chi connectivity index (χ3v) is 5.21. The molecule has 2 N–H and O–H groups in total. The van der Waals surface area contributed by atoms with Crippen LogP contribution in [0.1, 0.15) is 41.5 Å². The predicted molar refractivity (Wildman–Crippen MR) is 97.1 cm³/mol. The highest BCUT2D eigenvalue weighted by Crippen LogP contribution is 2.37. The first-order valence-electron chi connectivity index (χ1n) is 8.66. The fourth-order valence-corrected chi connectivity index (χ4v) is 3.69. The Kier molecular flexibility index (Phi) is 4.05. The number of halogens is 2. The van der Waals surface area contributed by atoms with Crippen LogP contribution in [0.4, 0.5) is 14.5 Å². The van der Waals surface area contributed by atoms with Crippen LogP contribution in [0, 0.1) is 0 Å². The Labute approximate surface area is 154 Å². The number of benzene rings is 1. The summed E-state index contributed by atoms with van der Waals surface area (Å²) < 4.78 is 28.4. The van der Waals surface area contributed by atoms with Crippen molar-refractivity contribution in [2.75, 3.05) is 18.0 Å². The number of hydrogen-bond acceptors (Lipinski definition) is 4. The van der Waals surface area contributed by atoms with E-state index >= 15 is 0 Å². The summed E-state index contributed by atoms with van der Waals surface area (Å²) in [6.07, 6.45) is -0.208. The van der Waals surface area contributed by atoms with Gasteiger partial charge in [0.2, 0.25) is 5.82 Å². The van der Waals surface area contributed by atoms with E-state index < -0.39 is 12.3 Å². The highest BCUT2D eigenvalue weighted by Gasteiger charge is 2.36. The molecule has 4 rings (SSSR count). The fourth-order valence-electron chi connectivity index (χ4n) is 3.69. The predicted octanol–water partition coefficient (Wildman–Crippen LogP) is 2.93. The summed E-state index contributed by atoms with van der Waals surface area (Å²) in [5.41, 5.74) is 6.65. The largest absolute Gasteiger partial charge is 0.369 e. The third kappa shape index (κ3) is 3.01. The number of rotatable bonds is 4. The van der Waals surface area contributed by atoms with Crippen LogP contribution in [0.5, 0.6) is 0 Å². The molecule has 1 amide bonds. The van der Waals surface area contributed by atoms with Crippen molar-refractivity contribution >= 4 is 17.2 Å². The SMILES string of the molecule is C[C@]1(c2ccccc2)CCN(c2cc(C(F)F)c3nc(C(N)=O)nn3c2)C1. The molecule has 0 radical (unpaired) electrons. The van der Waals surface area contributed by atoms with Crippen molar-refractivity contribution in [3.63, 3.8) is 0 Å². The normalized spacial score (nSPS) is 19.9. The van der Waals surface area contributed by atoms with Gasteiger partial charge in [-0.25, -0.2) is 18.3 Å². The molecule has 0 bridgehead atoms. The number of carbonyl (C=O) groups excluding carboxylic acids is 1. The molecule has 1 aromatic carbocycles. The average molecular weight is 371 g/mol. The molecule has 1 fully saturated rings. The number of fused-ring (bicyclic) bond motifs is 1. The van der Waals surface area contributed by atoms with Crippen molar-refractivity contribution in [3.8, 4) is 0 Å². The number of pyridine rings is 1. The van der Waals surface area contributed by atoms with Crippen LogP contribution in [0.2, 0.25) is 0 Å². The van der Waals surface area contributed by atoms with E-state index in [1.54, 1.807) is 6.20 Å². The van der Waals surface area contributed by atoms with Crippen LogP contribution >= 0.6 is 0 Å². The number of primary amides is 1. The Hall–Kier alpha value is -3.03. The maximum atomic E-state index is 13.6. The second kappa shape index (κ2) is 6.29. The van der Waals surface area contributed by atoms with E-state index in [1.165, 1.54) is 16.1 Å². The number of alkyl halides is 2. The standard InChI is InChI=1S/C19H19F2N5O/c1-19(12-5-3-2-4-6-12)7-8-25(11-19)13-9-14(15(20)21)18-23-17(16(22)27)24-26(18)10-13/h2-6,9-10,15H,7-8,11H2,1H3,(H2,22,27)/t19-/m0/s1. The van der Waals surface area contributed by atoms with Gasteiger partial charge in [0.15, 0.2) is 5.65 Å². The van der Waals surface area contributed by atoms with Gasteiger partial charge in [-0.1, -0.05) is 37.3 Å². The maximum absolute atomic E-state index is 13.6. The number of anilines is 1. The summed E-state index contributed by atoms with van der Waals surface area (Å²) in [6, 6.07) is 11.6. The lowest BCUT2D eigenvalue weighted by atomic mass is 9.82. The van der Waals surface area contributed by atoms with Crippen molar-refractivity contribution in [2.45, 2.75) is 25.2 Å². The summed E-state index contributed by atoms with van der Waals surface area (Å²) in [5, 5.41) is 3.95. The molecule has 0 spiro atoms. The second-order valence-corrected chi connectivity index (χ2v) is 7.12. The molecular weight excluding hydrogens is 352 g/mol. The Morgan fingerprint density at radius 1 is 1.30 bits per heavy atom. The first-order chi connectivity index (χ1) is 12.9. The van der Waals surface area contributed by atoms with Gasteiger partial charge in [0, 0.05) is 18.5 Å². The van der Waals surface area contributed by atoms with Gasteiger partial charge in [-0.2, -0.15) is 0 Å². The van der Waals surface area contributed by atoms with Crippen molar-refractivity contribution in [2.24, 2.45) is 5.73 Å². The molecule has 0 aliphatic carbocycles. The third-order valence-electron chi connectivity index (χ3n) is 5.21. The smallest absolute Gasteiger partial charge is 0.288 e. The van der Waals surface area contributed by atoms with Crippen molar-refractivity contribution < 1.29 is 13.6 Å². The quantitative estimate of drug-likeness (QED) is 0.765. The monoisotopic (exact) mass is 371 g/mol. The lowest BCUT2D eigenvalue weighted by Gasteiger charge is -2.26. The Morgan fingerprint density at radius 2 is 2.04 bits per heavy atom. The van der Waals surface area contributed by atoms with Crippen molar-refractivity contribution in [1.82, 2.24) is 14.6 Å². The number of hydrogen-bond donors (Lipinski definition) is 1. The molecule has 1 aliphatic heterocycles. The number of amides is 1. The average Bonchev–Trinajstić information content (AvgIpc) is 3.26. The molecule has 1 saturated heterocycles. The lowest BCUT2D eigenvalue weighted by Crippen LogP contribution is -2.28. The fraction of sp³-hybridized carbons (Fsp3) is 0.316. The summed E-state index contributed by atoms with van der Waals surface area (Å²) in [4.78, 5) is 17.2. The van der Waals surface area contributed by atoms with Gasteiger partial charge in [-0.05, 0) is 18.1 Å². The molecule has 8 heteroatoms. The minimum atomic E-state index is -2.74. The van der Waals surface area contributed by atoms with Gasteiger partial charge < -0.3 is 10.6 Å². The highest BCUT2D eigenvalue weighted by molar-refractivity contribution is 5.89. The van der Waals surface area contributed by atoms with Crippen LogP contribution in [-0.2, 0) is 5.41 Å². The van der Waals surface area contributed by atoms with Crippen LogP contribution in [0.3, 0.4) is 0 Å². The van der Waals surface area contributed by atoms with E-state index in [2.05, 4.69) is 34.0 Å². The van der Waals surface area contributed by atoms with Crippen molar-refractivity contribution in [1.29, 1.82) is 0 Å². The minimum Gasteiger partial charge on any atom is -0.369 e. The van der Waals surface area contributed by atoms with Gasteiger partial charge in [0.05, 0.1) is 17.4 Å². The van der Waals surface area contributed by atoms with E-state index in [-0.39, 0.29) is 22.5 Å². The van der Waals surface area contributed by atoms with Gasteiger partial charge in [0.1, 0.15) is 0 Å². The first kappa shape index (κ1) is 17.4. The molecular formula is C19H19F2N5O. The van der Waals surface area contributed by atoms with Crippen LogP contribution in [-0.4, -0.2) is 33.6 Å². The zero-order chi connectivity index (χ0) is 19.2. The molecule has 140 valence electrons. The molecule has 1 atom stereocenters. The van der Waals surface area contributed by atoms with E-state index in [0.717, 1.165) is 13.0 Å². The van der Waals surface area contributed by atoms with E-state index in [1.807, 2.05) is 18.2 Å². The first-order valence-corrected chi connectivity index (χ1v) is 8.66. The molecule has 3 heterocycles. The molecule has 27 heavy (non-hydrogen) atoms. The maximum Gasteiger partial charge on any atom is 0.288 e. The molecule has 2 aromatic heterocycles. The van der Waals surface area contributed by atoms with Crippen LogP contribution in [0.15, 0.2) is 42.6 Å². The summed E-state index contributed by atoms with van der Waals surface area (Å²) in [6.45, 7) is 3.61. The van der Waals surface area contributed by atoms with Crippen molar-refractivity contribution in [3.05, 3.63) is 59.5 Å². The summed E-state index contributed by atoms with van der Waals surface area (Å²) >= 11 is 0. The zero-order valence-corrected chi connectivity index (χ0v) is 14.8. The summed E-state index contributed by atoms with van der Waals surface area (Å²) in [5.74, 6) is -1.12. The van der Waals surface area contributed by atoms with E-state index in [9.17, 15) is 13.6 Å². The van der Waals surface area contributed by atoms with E-state index in [0.29, 0.717) is 12.2 Å². The molecule has 0 saturated carbocycles. The highest BCUT2D eigenvalue weighted by atomic mass is 19.3. The minimum absolute atomic E-state index is 0.0485. The number of carbonyl (C=O) groups is 1. The molecule has 1 aliphatic rings. The van der Waals surface area contributed by atoms with Crippen LogP contribution < -0.4 is 10.6 Å². The van der Waals surface area contributed by atoms with Gasteiger partial charge in [0.25, 0.3) is 12.3 Å². The lowest BCUT2D eigenvalue weighted by molar-refractivity contribution is 0.0990. The number of nitrogens with zero attached hydrogens (tertiary/aromatic N) is 4. The van der Waals surface area contributed by atoms with Gasteiger partial charge in [-0.15, -0.1) is 5.10 Å². The number of nitrogens with two attached hydrogens (primary N) is 1. The summed E-state index contributed by atoms with van der Waals surface area (Å²) in [7, 11) is 0. The Morgan fingerprint density at radius 3 is 2.70 bits per heavy atom. The number of aromatic nitrogens is 3. The molecule has 0 unspecified atom stereocenters. The molecule has 6 nitrogen and oxygen atoms in total.